The minimum absolute atomic E-state index is 0.251. The summed E-state index contributed by atoms with van der Waals surface area (Å²) in [4.78, 5) is 27.5. The number of anilines is 2. The molecule has 0 spiro atoms. The van der Waals surface area contributed by atoms with Gasteiger partial charge in [0, 0.05) is 16.5 Å². The van der Waals surface area contributed by atoms with Crippen molar-refractivity contribution in [2.45, 2.75) is 43.7 Å². The molecule has 6 heteroatoms. The molecular weight excluding hydrogens is 411 g/mol. The van der Waals surface area contributed by atoms with E-state index in [1.165, 1.54) is 19.3 Å². The lowest BCUT2D eigenvalue weighted by Gasteiger charge is -2.59. The van der Waals surface area contributed by atoms with Gasteiger partial charge in [0.25, 0.3) is 11.3 Å². The number of hydrogen-bond acceptors (Lipinski definition) is 3. The highest BCUT2D eigenvalue weighted by Crippen LogP contribution is 2.73. The topological polar surface area (TPSA) is 58.2 Å². The SMILES string of the molecule is O=C(Nc1ccccc1)P(=S)(C(=O)Nc1ccccc1)C12CC3CC(CC(C3)C1)C2. The molecule has 4 bridgehead atoms. The molecule has 2 amide bonds. The number of hydrogen-bond donors (Lipinski definition) is 2. The average molecular weight is 439 g/mol. The molecule has 4 nitrogen and oxygen atoms in total. The maximum absolute atomic E-state index is 13.8. The zero-order valence-electron chi connectivity index (χ0n) is 16.9. The first-order chi connectivity index (χ1) is 14.5. The van der Waals surface area contributed by atoms with Gasteiger partial charge in [0.1, 0.15) is 6.04 Å². The number of rotatable bonds is 5. The van der Waals surface area contributed by atoms with Crippen LogP contribution in [0.25, 0.3) is 0 Å². The summed E-state index contributed by atoms with van der Waals surface area (Å²) in [5, 5.41) is 5.70. The third-order valence-electron chi connectivity index (χ3n) is 7.30. The van der Waals surface area contributed by atoms with E-state index in [-0.39, 0.29) is 16.5 Å². The molecule has 0 aromatic heterocycles. The van der Waals surface area contributed by atoms with Gasteiger partial charge in [-0.2, -0.15) is 0 Å². The number of para-hydroxylation sites is 2. The minimum Gasteiger partial charge on any atom is -0.321 e. The Morgan fingerprint density at radius 1 is 0.733 bits per heavy atom. The molecule has 4 aliphatic carbocycles. The van der Waals surface area contributed by atoms with E-state index in [1.54, 1.807) is 0 Å². The zero-order valence-corrected chi connectivity index (χ0v) is 18.6. The summed E-state index contributed by atoms with van der Waals surface area (Å²) in [6.07, 6.45) is 6.53. The van der Waals surface area contributed by atoms with Crippen molar-refractivity contribution in [3.8, 4) is 0 Å². The van der Waals surface area contributed by atoms with Gasteiger partial charge in [-0.25, -0.2) is 0 Å². The van der Waals surface area contributed by atoms with Crippen LogP contribution in [0.1, 0.15) is 38.5 Å². The molecule has 4 fully saturated rings. The summed E-state index contributed by atoms with van der Waals surface area (Å²) in [6, 6.07) is 15.7. The quantitative estimate of drug-likeness (QED) is 0.499. The van der Waals surface area contributed by atoms with Crippen LogP contribution in [0, 0.1) is 17.8 Å². The van der Waals surface area contributed by atoms with Gasteiger partial charge in [-0.15, -0.1) is 0 Å². The zero-order chi connectivity index (χ0) is 20.8. The van der Waals surface area contributed by atoms with Crippen molar-refractivity contribution >= 4 is 40.5 Å². The molecule has 0 saturated heterocycles. The Morgan fingerprint density at radius 2 is 1.10 bits per heavy atom. The third-order valence-corrected chi connectivity index (χ3v) is 12.7. The fraction of sp³-hybridized carbons (Fsp3) is 0.417. The van der Waals surface area contributed by atoms with Crippen LogP contribution in [-0.4, -0.2) is 16.5 Å². The summed E-state index contributed by atoms with van der Waals surface area (Å²) in [5.74, 6) is 1.85. The lowest BCUT2D eigenvalue weighted by atomic mass is 9.56. The molecule has 0 radical (unpaired) electrons. The normalized spacial score (nSPS) is 29.4. The number of carbonyl (C=O) groups excluding carboxylic acids is 2. The minimum atomic E-state index is -3.10. The summed E-state index contributed by atoms with van der Waals surface area (Å²) in [5.41, 5.74) is 0.904. The standard InChI is InChI=1S/C24H27N2O2PS/c27-22(25-20-7-3-1-4-8-20)29(30,23(28)26-21-9-5-2-6-10-21)24-14-17-11-18(15-24)13-19(12-17)16-24/h1-10,17-19H,11-16H2,(H,25,27)(H,26,28). The van der Waals surface area contributed by atoms with E-state index in [0.29, 0.717) is 29.1 Å². The van der Waals surface area contributed by atoms with Crippen molar-refractivity contribution < 1.29 is 9.59 Å². The van der Waals surface area contributed by atoms with Gasteiger partial charge >= 0.3 is 0 Å². The molecule has 2 aromatic carbocycles. The predicted molar refractivity (Wildman–Crippen MR) is 126 cm³/mol. The van der Waals surface area contributed by atoms with Crippen molar-refractivity contribution in [2.75, 3.05) is 10.6 Å². The molecule has 4 aliphatic rings. The summed E-state index contributed by atoms with van der Waals surface area (Å²) in [7, 11) is 0. The Kier molecular flexibility index (Phi) is 5.07. The number of carbonyl (C=O) groups is 2. The summed E-state index contributed by atoms with van der Waals surface area (Å²) < 4.78 is 0. The number of amides is 2. The van der Waals surface area contributed by atoms with Gasteiger partial charge in [-0.1, -0.05) is 48.2 Å². The molecule has 30 heavy (non-hydrogen) atoms. The highest BCUT2D eigenvalue weighted by Gasteiger charge is 2.61. The van der Waals surface area contributed by atoms with Crippen LogP contribution in [0.4, 0.5) is 21.0 Å². The Hall–Kier alpha value is -1.97. The fourth-order valence-electron chi connectivity index (χ4n) is 6.42. The highest BCUT2D eigenvalue weighted by molar-refractivity contribution is 8.31. The van der Waals surface area contributed by atoms with Gasteiger partial charge in [0.05, 0.1) is 0 Å². The Morgan fingerprint density at radius 3 is 1.47 bits per heavy atom. The second kappa shape index (κ2) is 7.62. The lowest BCUT2D eigenvalue weighted by Crippen LogP contribution is -2.52. The van der Waals surface area contributed by atoms with E-state index >= 15 is 0 Å². The molecule has 0 atom stereocenters. The van der Waals surface area contributed by atoms with Crippen LogP contribution in [0.15, 0.2) is 60.7 Å². The first-order valence-electron chi connectivity index (χ1n) is 10.8. The summed E-state index contributed by atoms with van der Waals surface area (Å²) >= 11 is 6.22. The maximum Gasteiger partial charge on any atom is 0.264 e. The van der Waals surface area contributed by atoms with E-state index in [2.05, 4.69) is 10.6 Å². The van der Waals surface area contributed by atoms with E-state index in [9.17, 15) is 9.59 Å². The van der Waals surface area contributed by atoms with Crippen molar-refractivity contribution in [3.05, 3.63) is 60.7 Å². The number of benzene rings is 2. The molecule has 4 saturated carbocycles. The van der Waals surface area contributed by atoms with Crippen molar-refractivity contribution in [1.82, 2.24) is 0 Å². The van der Waals surface area contributed by atoms with Crippen LogP contribution in [0.5, 0.6) is 0 Å². The van der Waals surface area contributed by atoms with Crippen LogP contribution < -0.4 is 10.6 Å². The van der Waals surface area contributed by atoms with E-state index < -0.39 is 6.04 Å². The first kappa shape index (κ1) is 20.0. The van der Waals surface area contributed by atoms with Gasteiger partial charge in [-0.05, 0) is 80.5 Å². The monoisotopic (exact) mass is 438 g/mol. The van der Waals surface area contributed by atoms with Gasteiger partial charge in [-0.3, -0.25) is 9.59 Å². The molecule has 2 aromatic rings. The lowest BCUT2D eigenvalue weighted by molar-refractivity contribution is 0.0361. The second-order valence-corrected chi connectivity index (χ2v) is 14.0. The largest absolute Gasteiger partial charge is 0.321 e. The first-order valence-corrected chi connectivity index (χ1v) is 13.6. The average Bonchev–Trinajstić information content (AvgIpc) is 2.73. The van der Waals surface area contributed by atoms with Crippen molar-refractivity contribution in [1.29, 1.82) is 0 Å². The molecule has 0 aliphatic heterocycles. The van der Waals surface area contributed by atoms with Gasteiger partial charge in [0.2, 0.25) is 0 Å². The van der Waals surface area contributed by atoms with Crippen LogP contribution in [0.3, 0.4) is 0 Å². The molecule has 0 unspecified atom stereocenters. The Balaban J connectivity index is 1.53. The van der Waals surface area contributed by atoms with E-state index in [0.717, 1.165) is 19.3 Å². The van der Waals surface area contributed by atoms with Gasteiger partial charge in [0.15, 0.2) is 0 Å². The highest BCUT2D eigenvalue weighted by atomic mass is 32.4. The second-order valence-electron chi connectivity index (χ2n) is 9.34. The Bertz CT molecular complexity index is 916. The molecule has 156 valence electrons. The van der Waals surface area contributed by atoms with Crippen LogP contribution in [0.2, 0.25) is 0 Å². The van der Waals surface area contributed by atoms with Crippen molar-refractivity contribution in [2.24, 2.45) is 17.8 Å². The van der Waals surface area contributed by atoms with E-state index in [1.807, 2.05) is 60.7 Å². The van der Waals surface area contributed by atoms with Gasteiger partial charge < -0.3 is 10.6 Å². The molecule has 2 N–H and O–H groups in total. The fourth-order valence-corrected chi connectivity index (χ4v) is 10.5. The molecule has 6 rings (SSSR count). The third kappa shape index (κ3) is 3.33. The van der Waals surface area contributed by atoms with Crippen LogP contribution in [-0.2, 0) is 11.8 Å². The Labute approximate surface area is 182 Å². The van der Waals surface area contributed by atoms with E-state index in [4.69, 9.17) is 11.8 Å². The number of nitrogens with one attached hydrogen (secondary N) is 2. The van der Waals surface area contributed by atoms with Crippen LogP contribution >= 0.6 is 6.04 Å². The predicted octanol–water partition coefficient (Wildman–Crippen LogP) is 6.90. The maximum atomic E-state index is 13.8. The smallest absolute Gasteiger partial charge is 0.264 e. The summed E-state index contributed by atoms with van der Waals surface area (Å²) in [6.45, 7) is 0. The molecule has 0 heterocycles. The van der Waals surface area contributed by atoms with Crippen molar-refractivity contribution in [3.63, 3.8) is 0 Å². The molecular formula is C24H27N2O2PS.